The lowest BCUT2D eigenvalue weighted by atomic mass is 10.4. The molecule has 2 N–H and O–H groups in total. The van der Waals surface area contributed by atoms with Crippen LogP contribution in [0.2, 0.25) is 0 Å². The second-order valence-electron chi connectivity index (χ2n) is 4.19. The quantitative estimate of drug-likeness (QED) is 0.742. The maximum Gasteiger partial charge on any atom is 0.243 e. The van der Waals surface area contributed by atoms with Crippen molar-refractivity contribution in [2.75, 3.05) is 6.54 Å². The van der Waals surface area contributed by atoms with Crippen LogP contribution in [0.1, 0.15) is 23.5 Å². The predicted octanol–water partition coefficient (Wildman–Crippen LogP) is 1.79. The van der Waals surface area contributed by atoms with E-state index in [-0.39, 0.29) is 17.3 Å². The molecule has 0 radical (unpaired) electrons. The Hall–Kier alpha value is -0.810. The molecule has 0 atom stereocenters. The molecule has 116 valence electrons. The Morgan fingerprint density at radius 2 is 2.19 bits per heavy atom. The number of aryl methyl sites for hydroxylation is 1. The van der Waals surface area contributed by atoms with Crippen LogP contribution in [0.5, 0.6) is 0 Å². The van der Waals surface area contributed by atoms with Crippen LogP contribution in [-0.2, 0) is 23.1 Å². The van der Waals surface area contributed by atoms with Crippen molar-refractivity contribution in [2.45, 2.75) is 31.8 Å². The predicted molar refractivity (Wildman–Crippen MR) is 82.5 cm³/mol. The molecule has 2 aromatic heterocycles. The van der Waals surface area contributed by atoms with Gasteiger partial charge >= 0.3 is 0 Å². The molecule has 0 amide bonds. The number of hydrogen-bond acceptors (Lipinski definition) is 7. The van der Waals surface area contributed by atoms with Crippen LogP contribution in [-0.4, -0.2) is 25.1 Å². The first-order valence-corrected chi connectivity index (χ1v) is 9.29. The summed E-state index contributed by atoms with van der Waals surface area (Å²) in [6, 6.07) is 1.65. The van der Waals surface area contributed by atoms with Crippen molar-refractivity contribution < 1.29 is 12.9 Å². The van der Waals surface area contributed by atoms with E-state index in [1.54, 1.807) is 13.0 Å². The monoisotopic (exact) mass is 394 g/mol. The fraction of sp³-hybridized carbons (Fsp3) is 0.455. The highest BCUT2D eigenvalue weighted by molar-refractivity contribution is 9.11. The summed E-state index contributed by atoms with van der Waals surface area (Å²) in [5, 5.41) is 6.77. The minimum absolute atomic E-state index is 0.0337. The van der Waals surface area contributed by atoms with Crippen molar-refractivity contribution in [2.24, 2.45) is 0 Å². The number of aromatic nitrogens is 2. The van der Waals surface area contributed by atoms with Crippen molar-refractivity contribution in [3.8, 4) is 0 Å². The number of hydrogen-bond donors (Lipinski definition) is 2. The minimum atomic E-state index is -3.63. The Kier molecular flexibility index (Phi) is 5.49. The van der Waals surface area contributed by atoms with Crippen LogP contribution in [0.3, 0.4) is 0 Å². The van der Waals surface area contributed by atoms with Gasteiger partial charge in [0.2, 0.25) is 15.9 Å². The van der Waals surface area contributed by atoms with Gasteiger partial charge in [0.25, 0.3) is 0 Å². The SMILES string of the molecule is CCNCc1cc(S(=O)(=O)NCc2nc(C)no2)c(Br)s1. The van der Waals surface area contributed by atoms with Crippen LogP contribution in [0, 0.1) is 6.92 Å². The first kappa shape index (κ1) is 16.6. The largest absolute Gasteiger partial charge is 0.338 e. The van der Waals surface area contributed by atoms with Crippen LogP contribution < -0.4 is 10.0 Å². The molecule has 0 bridgehead atoms. The molecule has 2 rings (SSSR count). The van der Waals surface area contributed by atoms with E-state index in [4.69, 9.17) is 4.52 Å². The summed E-state index contributed by atoms with van der Waals surface area (Å²) < 4.78 is 32.4. The van der Waals surface area contributed by atoms with Crippen molar-refractivity contribution in [3.05, 3.63) is 26.4 Å². The average molecular weight is 395 g/mol. The molecular weight excluding hydrogens is 380 g/mol. The topological polar surface area (TPSA) is 97.1 Å². The van der Waals surface area contributed by atoms with E-state index in [0.29, 0.717) is 16.2 Å². The number of nitrogens with one attached hydrogen (secondary N) is 2. The lowest BCUT2D eigenvalue weighted by Gasteiger charge is -2.02. The van der Waals surface area contributed by atoms with Crippen LogP contribution in [0.15, 0.2) is 19.3 Å². The number of rotatable bonds is 7. The van der Waals surface area contributed by atoms with Gasteiger partial charge in [-0.15, -0.1) is 11.3 Å². The molecule has 21 heavy (non-hydrogen) atoms. The van der Waals surface area contributed by atoms with Gasteiger partial charge in [-0.1, -0.05) is 12.1 Å². The van der Waals surface area contributed by atoms with Crippen molar-refractivity contribution in [1.29, 1.82) is 0 Å². The third-order valence-corrected chi connectivity index (χ3v) is 6.18. The number of nitrogens with zero attached hydrogens (tertiary/aromatic N) is 2. The third-order valence-electron chi connectivity index (χ3n) is 2.53. The molecule has 0 aliphatic rings. The summed E-state index contributed by atoms with van der Waals surface area (Å²) in [5.41, 5.74) is 0. The Balaban J connectivity index is 2.09. The standard InChI is InChI=1S/C11H15BrN4O3S2/c1-3-13-5-8-4-9(11(12)20-8)21(17,18)14-6-10-15-7(2)16-19-10/h4,13-14H,3,5-6H2,1-2H3. The van der Waals surface area contributed by atoms with Crippen molar-refractivity contribution in [1.82, 2.24) is 20.2 Å². The molecule has 0 spiro atoms. The molecule has 0 aliphatic carbocycles. The van der Waals surface area contributed by atoms with E-state index < -0.39 is 10.0 Å². The second-order valence-corrected chi connectivity index (χ2v) is 8.38. The molecule has 10 heteroatoms. The molecule has 2 aromatic rings. The summed E-state index contributed by atoms with van der Waals surface area (Å²) in [6.07, 6.45) is 0. The lowest BCUT2D eigenvalue weighted by molar-refractivity contribution is 0.372. The van der Waals surface area contributed by atoms with Crippen molar-refractivity contribution in [3.63, 3.8) is 0 Å². The summed E-state index contributed by atoms with van der Waals surface area (Å²) >= 11 is 4.69. The lowest BCUT2D eigenvalue weighted by Crippen LogP contribution is -2.23. The summed E-state index contributed by atoms with van der Waals surface area (Å²) in [5.74, 6) is 0.698. The summed E-state index contributed by atoms with van der Waals surface area (Å²) in [4.78, 5) is 5.11. The Morgan fingerprint density at radius 1 is 1.43 bits per heavy atom. The van der Waals surface area contributed by atoms with Crippen molar-refractivity contribution >= 4 is 37.3 Å². The number of halogens is 1. The highest BCUT2D eigenvalue weighted by atomic mass is 79.9. The highest BCUT2D eigenvalue weighted by Crippen LogP contribution is 2.31. The fourth-order valence-electron chi connectivity index (χ4n) is 1.56. The molecule has 0 saturated carbocycles. The Morgan fingerprint density at radius 3 is 2.81 bits per heavy atom. The van der Waals surface area contributed by atoms with Gasteiger partial charge in [0.15, 0.2) is 5.82 Å². The Bertz CT molecular complexity index is 711. The third kappa shape index (κ3) is 4.33. The zero-order valence-electron chi connectivity index (χ0n) is 11.5. The van der Waals surface area contributed by atoms with E-state index in [0.717, 1.165) is 11.4 Å². The smallest absolute Gasteiger partial charge is 0.243 e. The molecule has 0 saturated heterocycles. The first-order valence-electron chi connectivity index (χ1n) is 6.20. The van der Waals surface area contributed by atoms with Crippen LogP contribution in [0.4, 0.5) is 0 Å². The molecular formula is C11H15BrN4O3S2. The van der Waals surface area contributed by atoms with E-state index in [1.807, 2.05) is 6.92 Å². The van der Waals surface area contributed by atoms with Gasteiger partial charge in [0.1, 0.15) is 4.90 Å². The van der Waals surface area contributed by atoms with Gasteiger partial charge in [-0.25, -0.2) is 13.1 Å². The first-order chi connectivity index (χ1) is 9.92. The molecule has 0 aliphatic heterocycles. The summed E-state index contributed by atoms with van der Waals surface area (Å²) in [7, 11) is -3.63. The van der Waals surface area contributed by atoms with Gasteiger partial charge in [-0.3, -0.25) is 0 Å². The molecule has 0 unspecified atom stereocenters. The Labute approximate surface area is 135 Å². The average Bonchev–Trinajstić information content (AvgIpc) is 3.00. The van der Waals surface area contributed by atoms with E-state index in [9.17, 15) is 8.42 Å². The maximum absolute atomic E-state index is 12.3. The van der Waals surface area contributed by atoms with Gasteiger partial charge < -0.3 is 9.84 Å². The summed E-state index contributed by atoms with van der Waals surface area (Å²) in [6.45, 7) is 5.09. The molecule has 7 nitrogen and oxygen atoms in total. The van der Waals surface area contributed by atoms with Gasteiger partial charge in [-0.05, 0) is 35.5 Å². The maximum atomic E-state index is 12.3. The van der Waals surface area contributed by atoms with E-state index in [2.05, 4.69) is 36.1 Å². The number of thiophene rings is 1. The second kappa shape index (κ2) is 6.97. The zero-order chi connectivity index (χ0) is 15.5. The normalized spacial score (nSPS) is 12.0. The van der Waals surface area contributed by atoms with Crippen LogP contribution in [0.25, 0.3) is 0 Å². The fourth-order valence-corrected chi connectivity index (χ4v) is 5.19. The highest BCUT2D eigenvalue weighted by Gasteiger charge is 2.21. The molecule has 0 aromatic carbocycles. The van der Waals surface area contributed by atoms with E-state index >= 15 is 0 Å². The zero-order valence-corrected chi connectivity index (χ0v) is 14.7. The van der Waals surface area contributed by atoms with Crippen LogP contribution >= 0.6 is 27.3 Å². The van der Waals surface area contributed by atoms with E-state index in [1.165, 1.54) is 11.3 Å². The van der Waals surface area contributed by atoms with Gasteiger partial charge in [0, 0.05) is 11.4 Å². The number of sulfonamides is 1. The molecule has 2 heterocycles. The van der Waals surface area contributed by atoms with Gasteiger partial charge in [0.05, 0.1) is 10.3 Å². The minimum Gasteiger partial charge on any atom is -0.338 e. The van der Waals surface area contributed by atoms with Gasteiger partial charge in [-0.2, -0.15) is 4.98 Å². The molecule has 0 fully saturated rings.